The van der Waals surface area contributed by atoms with Crippen LogP contribution in [0.4, 0.5) is 5.13 Å². The molecular formula is C27H22N2O6S. The molecule has 1 aliphatic rings. The SMILES string of the molecule is COC(=O)c1ccc(C2C(C(=O)c3ccc(C)o3)=C(O)C(=O)N2c2nc3c(C)cc(C)cc3s2)cc1. The van der Waals surface area contributed by atoms with Crippen LogP contribution in [0.3, 0.4) is 0 Å². The van der Waals surface area contributed by atoms with Crippen LogP contribution in [0.5, 0.6) is 0 Å². The van der Waals surface area contributed by atoms with Crippen molar-refractivity contribution in [3.63, 3.8) is 0 Å². The first kappa shape index (κ1) is 23.5. The molecule has 1 unspecified atom stereocenters. The van der Waals surface area contributed by atoms with Crippen molar-refractivity contribution in [3.8, 4) is 0 Å². The van der Waals surface area contributed by atoms with Gasteiger partial charge in [-0.1, -0.05) is 29.5 Å². The molecule has 0 aliphatic carbocycles. The summed E-state index contributed by atoms with van der Waals surface area (Å²) in [5.74, 6) is -1.99. The smallest absolute Gasteiger partial charge is 0.337 e. The number of ketones is 1. The summed E-state index contributed by atoms with van der Waals surface area (Å²) >= 11 is 1.30. The quantitative estimate of drug-likeness (QED) is 0.288. The van der Waals surface area contributed by atoms with Crippen LogP contribution >= 0.6 is 11.3 Å². The zero-order valence-corrected chi connectivity index (χ0v) is 20.8. The maximum Gasteiger partial charge on any atom is 0.337 e. The number of aryl methyl sites for hydroxylation is 3. The summed E-state index contributed by atoms with van der Waals surface area (Å²) in [5, 5.41) is 11.3. The van der Waals surface area contributed by atoms with Gasteiger partial charge in [-0.05, 0) is 67.8 Å². The number of fused-ring (bicyclic) bond motifs is 1. The van der Waals surface area contributed by atoms with E-state index in [0.29, 0.717) is 22.0 Å². The molecule has 8 nitrogen and oxygen atoms in total. The van der Waals surface area contributed by atoms with Gasteiger partial charge in [0.2, 0.25) is 5.78 Å². The molecule has 2 aromatic carbocycles. The minimum atomic E-state index is -0.982. The van der Waals surface area contributed by atoms with E-state index in [-0.39, 0.29) is 11.3 Å². The molecule has 0 saturated heterocycles. The number of Topliss-reactive ketones (excluding diaryl/α,β-unsaturated/α-hetero) is 1. The predicted molar refractivity (Wildman–Crippen MR) is 135 cm³/mol. The van der Waals surface area contributed by atoms with Crippen molar-refractivity contribution < 1.29 is 28.6 Å². The molecular weight excluding hydrogens is 480 g/mol. The second kappa shape index (κ2) is 8.76. The van der Waals surface area contributed by atoms with Gasteiger partial charge in [-0.25, -0.2) is 9.78 Å². The van der Waals surface area contributed by atoms with Gasteiger partial charge < -0.3 is 14.3 Å². The Kier molecular flexibility index (Phi) is 5.72. The number of nitrogens with zero attached hydrogens (tertiary/aromatic N) is 2. The number of benzene rings is 2. The zero-order chi connectivity index (χ0) is 25.7. The van der Waals surface area contributed by atoms with Crippen molar-refractivity contribution in [2.45, 2.75) is 26.8 Å². The summed E-state index contributed by atoms with van der Waals surface area (Å²) < 4.78 is 11.2. The first-order valence-electron chi connectivity index (χ1n) is 11.1. The Balaban J connectivity index is 1.67. The molecule has 1 atom stereocenters. The van der Waals surface area contributed by atoms with Gasteiger partial charge in [0.05, 0.1) is 34.5 Å². The van der Waals surface area contributed by atoms with Crippen LogP contribution in [0.2, 0.25) is 0 Å². The maximum atomic E-state index is 13.5. The number of thiazole rings is 1. The van der Waals surface area contributed by atoms with Crippen LogP contribution in [0.25, 0.3) is 10.2 Å². The fourth-order valence-corrected chi connectivity index (χ4v) is 5.59. The van der Waals surface area contributed by atoms with Gasteiger partial charge in [0.25, 0.3) is 5.91 Å². The standard InChI is InChI=1S/C27H22N2O6S/c1-13-11-14(2)21-19(12-13)36-27(28-21)29-22(16-6-8-17(9-7-16)26(33)34-4)20(24(31)25(29)32)23(30)18-10-5-15(3)35-18/h5-12,22,31H,1-4H3. The number of furan rings is 1. The molecule has 4 aromatic rings. The van der Waals surface area contributed by atoms with Gasteiger partial charge in [0.15, 0.2) is 16.7 Å². The molecule has 0 fully saturated rings. The molecule has 2 aromatic heterocycles. The number of aliphatic hydroxyl groups excluding tert-OH is 1. The molecule has 0 radical (unpaired) electrons. The minimum Gasteiger partial charge on any atom is -0.503 e. The van der Waals surface area contributed by atoms with E-state index in [1.54, 1.807) is 37.3 Å². The number of anilines is 1. The fraction of sp³-hybridized carbons (Fsp3) is 0.185. The third-order valence-electron chi connectivity index (χ3n) is 6.09. The molecule has 0 spiro atoms. The Hall–Kier alpha value is -4.24. The highest BCUT2D eigenvalue weighted by molar-refractivity contribution is 7.22. The molecule has 3 heterocycles. The lowest BCUT2D eigenvalue weighted by Gasteiger charge is -2.24. The van der Waals surface area contributed by atoms with Crippen molar-refractivity contribution in [1.82, 2.24) is 4.98 Å². The number of aromatic nitrogens is 1. The predicted octanol–water partition coefficient (Wildman–Crippen LogP) is 5.38. The average molecular weight is 503 g/mol. The van der Waals surface area contributed by atoms with E-state index < -0.39 is 29.5 Å². The molecule has 1 aliphatic heterocycles. The Morgan fingerprint density at radius 1 is 1.08 bits per heavy atom. The second-order valence-electron chi connectivity index (χ2n) is 8.62. The number of amides is 1. The lowest BCUT2D eigenvalue weighted by Crippen LogP contribution is -2.31. The van der Waals surface area contributed by atoms with E-state index in [4.69, 9.17) is 14.1 Å². The van der Waals surface area contributed by atoms with E-state index in [1.807, 2.05) is 26.0 Å². The minimum absolute atomic E-state index is 0.00986. The van der Waals surface area contributed by atoms with Gasteiger partial charge in [0.1, 0.15) is 5.76 Å². The second-order valence-corrected chi connectivity index (χ2v) is 9.63. The summed E-state index contributed by atoms with van der Waals surface area (Å²) in [5.41, 5.74) is 3.46. The summed E-state index contributed by atoms with van der Waals surface area (Å²) in [6.07, 6.45) is 0. The molecule has 0 bridgehead atoms. The molecule has 1 amide bonds. The van der Waals surface area contributed by atoms with Crippen molar-refractivity contribution in [2.75, 3.05) is 12.0 Å². The third kappa shape index (κ3) is 3.77. The molecule has 1 N–H and O–H groups in total. The fourth-order valence-electron chi connectivity index (χ4n) is 4.42. The van der Waals surface area contributed by atoms with Crippen LogP contribution < -0.4 is 4.90 Å². The zero-order valence-electron chi connectivity index (χ0n) is 20.0. The van der Waals surface area contributed by atoms with Gasteiger partial charge >= 0.3 is 5.97 Å². The number of carbonyl (C=O) groups excluding carboxylic acids is 3. The van der Waals surface area contributed by atoms with Crippen molar-refractivity contribution >= 4 is 44.3 Å². The Bertz CT molecular complexity index is 1580. The Labute approximate surface area is 210 Å². The molecule has 36 heavy (non-hydrogen) atoms. The number of methoxy groups -OCH3 is 1. The number of carbonyl (C=O) groups is 3. The van der Waals surface area contributed by atoms with Gasteiger partial charge in [0, 0.05) is 0 Å². The highest BCUT2D eigenvalue weighted by Gasteiger charge is 2.46. The van der Waals surface area contributed by atoms with Gasteiger partial charge in [-0.3, -0.25) is 14.5 Å². The van der Waals surface area contributed by atoms with E-state index in [9.17, 15) is 19.5 Å². The van der Waals surface area contributed by atoms with Crippen LogP contribution in [0.1, 0.15) is 49.4 Å². The normalized spacial score (nSPS) is 15.7. The van der Waals surface area contributed by atoms with E-state index in [0.717, 1.165) is 21.3 Å². The lowest BCUT2D eigenvalue weighted by molar-refractivity contribution is -0.117. The summed E-state index contributed by atoms with van der Waals surface area (Å²) in [4.78, 5) is 44.9. The average Bonchev–Trinajstić information content (AvgIpc) is 3.55. The summed E-state index contributed by atoms with van der Waals surface area (Å²) in [6.45, 7) is 5.62. The third-order valence-corrected chi connectivity index (χ3v) is 7.09. The van der Waals surface area contributed by atoms with E-state index in [2.05, 4.69) is 0 Å². The lowest BCUT2D eigenvalue weighted by atomic mass is 9.94. The van der Waals surface area contributed by atoms with Gasteiger partial charge in [-0.15, -0.1) is 0 Å². The molecule has 0 saturated carbocycles. The number of hydrogen-bond donors (Lipinski definition) is 1. The molecule has 5 rings (SSSR count). The topological polar surface area (TPSA) is 110 Å². The number of ether oxygens (including phenoxy) is 1. The van der Waals surface area contributed by atoms with Crippen LogP contribution in [0.15, 0.2) is 64.3 Å². The highest BCUT2D eigenvalue weighted by atomic mass is 32.1. The first-order valence-corrected chi connectivity index (χ1v) is 11.9. The molecule has 9 heteroatoms. The van der Waals surface area contributed by atoms with Crippen molar-refractivity contribution in [2.24, 2.45) is 0 Å². The monoisotopic (exact) mass is 502 g/mol. The largest absolute Gasteiger partial charge is 0.503 e. The first-order chi connectivity index (χ1) is 17.2. The van der Waals surface area contributed by atoms with Crippen LogP contribution in [0, 0.1) is 20.8 Å². The Morgan fingerprint density at radius 3 is 2.44 bits per heavy atom. The Morgan fingerprint density at radius 2 is 1.81 bits per heavy atom. The number of esters is 1. The highest BCUT2D eigenvalue weighted by Crippen LogP contribution is 2.44. The van der Waals surface area contributed by atoms with Crippen LogP contribution in [-0.2, 0) is 9.53 Å². The van der Waals surface area contributed by atoms with E-state index >= 15 is 0 Å². The van der Waals surface area contributed by atoms with Crippen molar-refractivity contribution in [1.29, 1.82) is 0 Å². The van der Waals surface area contributed by atoms with E-state index in [1.165, 1.54) is 29.4 Å². The summed E-state index contributed by atoms with van der Waals surface area (Å²) in [6, 6.07) is 12.5. The maximum absolute atomic E-state index is 13.5. The summed E-state index contributed by atoms with van der Waals surface area (Å²) in [7, 11) is 1.29. The van der Waals surface area contributed by atoms with Gasteiger partial charge in [-0.2, -0.15) is 0 Å². The van der Waals surface area contributed by atoms with Crippen LogP contribution in [-0.4, -0.2) is 34.9 Å². The molecule has 182 valence electrons. The number of rotatable bonds is 5. The number of hydrogen-bond acceptors (Lipinski definition) is 8. The number of aliphatic hydroxyl groups is 1. The van der Waals surface area contributed by atoms with Crippen molar-refractivity contribution in [3.05, 3.63) is 93.6 Å².